The van der Waals surface area contributed by atoms with Gasteiger partial charge >= 0.3 is 37.2 Å². The lowest BCUT2D eigenvalue weighted by Gasteiger charge is -2.65. The lowest BCUT2D eigenvalue weighted by atomic mass is 9.40. The minimum absolute atomic E-state index is 0.0608. The zero-order chi connectivity index (χ0) is 73.4. The summed E-state index contributed by atoms with van der Waals surface area (Å²) in [6.45, 7) is 15.5. The number of esters is 1. The van der Waals surface area contributed by atoms with E-state index in [0.29, 0.717) is 32.1 Å². The van der Waals surface area contributed by atoms with Gasteiger partial charge in [-0.25, -0.2) is 12.5 Å². The number of fused-ring (bicyclic) bond motifs is 5. The largest absolute Gasteiger partial charge is 0.459 e. The second-order valence-corrected chi connectivity index (χ2v) is 32.7. The maximum absolute atomic E-state index is 12.6. The molecule has 38 heteroatoms. The predicted molar refractivity (Wildman–Crippen MR) is 331 cm³/mol. The summed E-state index contributed by atoms with van der Waals surface area (Å²) in [4.78, 5) is 12.5. The van der Waals surface area contributed by atoms with E-state index >= 15 is 0 Å². The molecule has 572 valence electrons. The van der Waals surface area contributed by atoms with Gasteiger partial charge in [0.1, 0.15) is 115 Å². The Kier molecular flexibility index (Phi) is 24.9. The lowest BCUT2D eigenvalue weighted by molar-refractivity contribution is -0.403. The number of carbonyl (C=O) groups excluding carboxylic acids is 1. The van der Waals surface area contributed by atoms with Crippen molar-refractivity contribution in [1.29, 1.82) is 0 Å². The van der Waals surface area contributed by atoms with E-state index in [1.807, 2.05) is 33.8 Å². The topological polar surface area (TPSA) is 521 Å². The number of rotatable bonds is 24. The van der Waals surface area contributed by atoms with E-state index in [-0.39, 0.29) is 34.0 Å². The smallest absolute Gasteiger partial charge is 0.397 e. The summed E-state index contributed by atoms with van der Waals surface area (Å²) < 4.78 is 186. The summed E-state index contributed by atoms with van der Waals surface area (Å²) in [5, 5.41) is 115. The zero-order valence-corrected chi connectivity index (χ0v) is 59.3. The van der Waals surface area contributed by atoms with Crippen LogP contribution in [0.4, 0.5) is 0 Å². The van der Waals surface area contributed by atoms with Crippen LogP contribution in [0, 0.1) is 39.4 Å². The monoisotopic (exact) mass is 1490 g/mol. The van der Waals surface area contributed by atoms with Crippen molar-refractivity contribution < 1.29 is 164 Å². The van der Waals surface area contributed by atoms with Gasteiger partial charge in [-0.15, -0.1) is 0 Å². The number of aliphatic hydroxyl groups is 10. The maximum atomic E-state index is 12.6. The molecule has 0 radical (unpaired) electrons. The van der Waals surface area contributed by atoms with Crippen molar-refractivity contribution in [2.75, 3.05) is 33.5 Å². The quantitative estimate of drug-likeness (QED) is 0.0299. The normalized spacial score (nSPS) is 46.0. The van der Waals surface area contributed by atoms with Gasteiger partial charge in [0.15, 0.2) is 31.5 Å². The molecule has 0 amide bonds. The zero-order valence-electron chi connectivity index (χ0n) is 56.8. The molecule has 5 heterocycles. The summed E-state index contributed by atoms with van der Waals surface area (Å²) in [6, 6.07) is 0. The molecule has 99 heavy (non-hydrogen) atoms. The van der Waals surface area contributed by atoms with Crippen LogP contribution in [0.5, 0.6) is 0 Å². The fourth-order valence-electron chi connectivity index (χ4n) is 17.5. The highest BCUT2D eigenvalue weighted by Crippen LogP contribution is 2.74. The Balaban J connectivity index is 0.989. The van der Waals surface area contributed by atoms with E-state index in [4.69, 9.17) is 61.0 Å². The molecule has 0 aromatic carbocycles. The Hall–Kier alpha value is -2.28. The van der Waals surface area contributed by atoms with Crippen LogP contribution in [0.25, 0.3) is 0 Å². The Morgan fingerprint density at radius 3 is 1.76 bits per heavy atom. The van der Waals surface area contributed by atoms with Gasteiger partial charge < -0.3 is 108 Å². The van der Waals surface area contributed by atoms with E-state index in [1.165, 1.54) is 19.4 Å². The SMILES string of the molecule is CO[C@@H]1[C@@H](O)[C@H](O[C@@H]2[C@@H](O)[C@H](O[C@H]3[C@H](O)[C@@H](O[C@@H]4OC[C@@H](O)[C@H](O)[C@H]4O)[C@H](O[C@H]4[C@H](O[C@H]5CC[C@]6(C)[C@H]7CC[C@]8(C)[C@@H]([C@@](C)(O)[C@@H](CC=C(C)C)OC(C)=O)CC[C@@]8(C)C7=CC[C@H]6C5(C)C)OC[C@@H](OS(=O)(=O)O)[C@@H]4O)O[C@@H]3C)O[C@H](COS(=O)(=O)O)[C@H]2O)O[C@H](COS(=O)(=O)O)[C@H]1O. The summed E-state index contributed by atoms with van der Waals surface area (Å²) >= 11 is 0. The third-order valence-electron chi connectivity index (χ3n) is 22.8. The number of hydrogen-bond acceptors (Lipinski definition) is 32. The van der Waals surface area contributed by atoms with Gasteiger partial charge in [0.2, 0.25) is 0 Å². The first-order valence-corrected chi connectivity index (χ1v) is 37.1. The minimum Gasteiger partial charge on any atom is -0.459 e. The lowest BCUT2D eigenvalue weighted by Crippen LogP contribution is -2.68. The highest BCUT2D eigenvalue weighted by molar-refractivity contribution is 7.81. The first-order valence-electron chi connectivity index (χ1n) is 33.0. The Morgan fingerprint density at radius 2 is 1.18 bits per heavy atom. The molecule has 3 saturated carbocycles. The first-order chi connectivity index (χ1) is 45.8. The molecule has 5 saturated heterocycles. The number of carbonyl (C=O) groups is 1. The molecule has 4 aliphatic carbocycles. The first kappa shape index (κ1) is 80.8. The number of ether oxygens (including phenoxy) is 12. The van der Waals surface area contributed by atoms with Crippen LogP contribution < -0.4 is 0 Å². The van der Waals surface area contributed by atoms with Crippen LogP contribution in [0.3, 0.4) is 0 Å². The van der Waals surface area contributed by atoms with Crippen molar-refractivity contribution in [2.24, 2.45) is 39.4 Å². The van der Waals surface area contributed by atoms with Crippen LogP contribution >= 0.6 is 0 Å². The Morgan fingerprint density at radius 1 is 0.626 bits per heavy atom. The van der Waals surface area contributed by atoms with E-state index in [1.54, 1.807) is 6.92 Å². The molecule has 0 spiro atoms. The van der Waals surface area contributed by atoms with Crippen molar-refractivity contribution in [2.45, 2.75) is 280 Å². The van der Waals surface area contributed by atoms with Crippen LogP contribution in [-0.2, 0) is 105 Å². The van der Waals surface area contributed by atoms with Gasteiger partial charge in [0.25, 0.3) is 0 Å². The van der Waals surface area contributed by atoms with Crippen LogP contribution in [0.1, 0.15) is 121 Å². The molecule has 0 aromatic rings. The van der Waals surface area contributed by atoms with E-state index in [2.05, 4.69) is 35.2 Å². The van der Waals surface area contributed by atoms with Gasteiger partial charge in [-0.1, -0.05) is 57.9 Å². The van der Waals surface area contributed by atoms with E-state index in [9.17, 15) is 94.8 Å². The third kappa shape index (κ3) is 16.8. The number of aliphatic hydroxyl groups excluding tert-OH is 9. The number of allylic oxidation sites excluding steroid dienone is 3. The molecule has 0 unspecified atom stereocenters. The van der Waals surface area contributed by atoms with Gasteiger partial charge in [0.05, 0.1) is 38.6 Å². The van der Waals surface area contributed by atoms with E-state index in [0.717, 1.165) is 31.9 Å². The number of hydrogen-bond donors (Lipinski definition) is 13. The Labute approximate surface area is 575 Å². The second kappa shape index (κ2) is 30.5. The van der Waals surface area contributed by atoms with Crippen molar-refractivity contribution in [1.82, 2.24) is 0 Å². The van der Waals surface area contributed by atoms with Gasteiger partial charge in [-0.05, 0) is 112 Å². The summed E-state index contributed by atoms with van der Waals surface area (Å²) in [6.07, 6.45) is -37.8. The van der Waals surface area contributed by atoms with Crippen LogP contribution in [0.15, 0.2) is 23.3 Å². The van der Waals surface area contributed by atoms with Gasteiger partial charge in [-0.3, -0.25) is 18.5 Å². The summed E-state index contributed by atoms with van der Waals surface area (Å²) in [7, 11) is -14.8. The summed E-state index contributed by atoms with van der Waals surface area (Å²) in [5.74, 6) is -0.656. The highest BCUT2D eigenvalue weighted by Gasteiger charge is 2.69. The average molecular weight is 1490 g/mol. The molecule has 9 rings (SSSR count). The van der Waals surface area contributed by atoms with Crippen molar-refractivity contribution in [3.05, 3.63) is 23.3 Å². The molecule has 0 bridgehead atoms. The van der Waals surface area contributed by atoms with Crippen molar-refractivity contribution in [3.8, 4) is 0 Å². The van der Waals surface area contributed by atoms with E-state index < -0.39 is 228 Å². The van der Waals surface area contributed by atoms with Crippen molar-refractivity contribution >= 4 is 37.2 Å². The van der Waals surface area contributed by atoms with Crippen LogP contribution in [0.2, 0.25) is 0 Å². The predicted octanol–water partition coefficient (Wildman–Crippen LogP) is -1.45. The molecule has 13 N–H and O–H groups in total. The maximum Gasteiger partial charge on any atom is 0.397 e. The van der Waals surface area contributed by atoms with Gasteiger partial charge in [0, 0.05) is 20.5 Å². The highest BCUT2D eigenvalue weighted by atomic mass is 32.3. The fraction of sp³-hybridized carbons (Fsp3) is 0.918. The second-order valence-electron chi connectivity index (χ2n) is 29.5. The molecular formula is C61H100O35S3. The van der Waals surface area contributed by atoms with Gasteiger partial charge in [-0.2, -0.15) is 25.3 Å². The third-order valence-corrected chi connectivity index (χ3v) is 24.2. The Bertz CT molecular complexity index is 3210. The van der Waals surface area contributed by atoms with Crippen molar-refractivity contribution in [3.63, 3.8) is 0 Å². The molecule has 32 atom stereocenters. The fourth-order valence-corrected chi connectivity index (χ4v) is 18.6. The molecule has 9 aliphatic rings. The molecule has 35 nitrogen and oxygen atoms in total. The molecular weight excluding hydrogens is 1390 g/mol. The molecule has 0 aromatic heterocycles. The average Bonchev–Trinajstić information content (AvgIpc) is 1.64. The van der Waals surface area contributed by atoms with Crippen LogP contribution in [-0.4, -0.2) is 289 Å². The standard InChI is InChI=1S/C61H100O35S3/c1-26(2)12-15-38(88-28(4)62)61(10,72)36-17-21-59(8)30-13-14-35-57(5,6)37(18-19-58(35,7)29(30)16-20-60(36,59)9)91-55-50(42(67)34(23-84-55)96-99(79,80)81)95-56-51(94-52-43(68)39(64)31(63)22-83-52)44(69)47(27(3)87-56)92-54-46(71)49(41(66)33(90-54)25-86-98(76,77)78)93-53-45(70)48(82-11)40(65)32(89-53)24-85-97(73,74)75/h12-13,27,29,31-56,63-72H,14-25H2,1-11H3,(H,73,74,75)(H,76,77,78)(H,79,80,81)/t27-,29+,31-,32-,33-,34-,35+,36+,37+,38-,39+,40-,41-,42+,43-,44+,45-,46-,47-,48+,49+,50-,51-,52+,53+,54+,55+,56+,58-,59+,60-,61-/m1/s1. The number of methoxy groups -OCH3 is 1. The minimum atomic E-state index is -5.33. The molecule has 5 aliphatic heterocycles. The summed E-state index contributed by atoms with van der Waals surface area (Å²) in [5.41, 5.74) is -0.776. The molecule has 8 fully saturated rings.